The van der Waals surface area contributed by atoms with Gasteiger partial charge in [0.15, 0.2) is 0 Å². The first-order chi connectivity index (χ1) is 9.60. The van der Waals surface area contributed by atoms with Gasteiger partial charge in [-0.3, -0.25) is 0 Å². The van der Waals surface area contributed by atoms with Crippen molar-refractivity contribution < 1.29 is 4.74 Å². The molecule has 2 rings (SSSR count). The molecule has 0 amide bonds. The van der Waals surface area contributed by atoms with Crippen LogP contribution >= 0.6 is 22.6 Å². The molecule has 0 saturated carbocycles. The van der Waals surface area contributed by atoms with Gasteiger partial charge in [0, 0.05) is 18.5 Å². The first-order valence-electron chi connectivity index (χ1n) is 7.44. The van der Waals surface area contributed by atoms with Crippen molar-refractivity contribution >= 4 is 28.2 Å². The molecular weight excluding hydrogens is 363 g/mol. The summed E-state index contributed by atoms with van der Waals surface area (Å²) in [4.78, 5) is 4.70. The van der Waals surface area contributed by atoms with Gasteiger partial charge >= 0.3 is 0 Å². The van der Waals surface area contributed by atoms with Crippen molar-refractivity contribution in [2.75, 3.05) is 0 Å². The third kappa shape index (κ3) is 4.11. The molecule has 2 heterocycles. The molecule has 0 bridgehead atoms. The molecule has 0 aliphatic heterocycles. The van der Waals surface area contributed by atoms with Gasteiger partial charge in [0.2, 0.25) is 0 Å². The number of halogens is 1. The van der Waals surface area contributed by atoms with E-state index >= 15 is 0 Å². The molecule has 0 aliphatic carbocycles. The summed E-state index contributed by atoms with van der Waals surface area (Å²) in [5.41, 5.74) is 2.16. The molecule has 20 heavy (non-hydrogen) atoms. The van der Waals surface area contributed by atoms with E-state index in [1.807, 2.05) is 19.9 Å². The summed E-state index contributed by atoms with van der Waals surface area (Å²) in [6, 6.07) is 2.04. The topological polar surface area (TPSA) is 26.5 Å². The molecule has 0 saturated heterocycles. The summed E-state index contributed by atoms with van der Waals surface area (Å²) in [5.74, 6) is 0.927. The normalized spacial score (nSPS) is 11.4. The van der Waals surface area contributed by atoms with E-state index < -0.39 is 0 Å². The van der Waals surface area contributed by atoms with E-state index in [4.69, 9.17) is 9.72 Å². The Hall–Kier alpha value is -0.780. The van der Waals surface area contributed by atoms with Crippen LogP contribution < -0.4 is 4.74 Å². The molecule has 3 nitrogen and oxygen atoms in total. The number of hydrogen-bond donors (Lipinski definition) is 0. The number of pyridine rings is 1. The Labute approximate surface area is 134 Å². The average Bonchev–Trinajstić information content (AvgIpc) is 2.76. The summed E-state index contributed by atoms with van der Waals surface area (Å²) in [6.45, 7) is 6.33. The molecule has 0 fully saturated rings. The average molecular weight is 386 g/mol. The highest BCUT2D eigenvalue weighted by Gasteiger charge is 2.08. The third-order valence-electron chi connectivity index (χ3n) is 3.21. The maximum Gasteiger partial charge on any atom is 0.140 e. The third-order valence-corrected chi connectivity index (χ3v) is 4.02. The standard InChI is InChI=1S/C16H23IN2O/c1-4-5-6-7-8-13-10-19-11-14(17)15(20-12(2)3)9-16(19)18-13/h9-12H,4-8H2,1-3H3. The number of nitrogens with zero attached hydrogens (tertiary/aromatic N) is 2. The van der Waals surface area contributed by atoms with Crippen molar-refractivity contribution in [3.05, 3.63) is 27.7 Å². The second-order valence-corrected chi connectivity index (χ2v) is 6.62. The highest BCUT2D eigenvalue weighted by Crippen LogP contribution is 2.24. The summed E-state index contributed by atoms with van der Waals surface area (Å²) >= 11 is 2.32. The monoisotopic (exact) mass is 386 g/mol. The van der Waals surface area contributed by atoms with Gasteiger partial charge < -0.3 is 9.14 Å². The minimum absolute atomic E-state index is 0.189. The second kappa shape index (κ2) is 7.29. The molecule has 2 aromatic rings. The number of unbranched alkanes of at least 4 members (excludes halogenated alkanes) is 3. The minimum atomic E-state index is 0.189. The first-order valence-corrected chi connectivity index (χ1v) is 8.51. The number of rotatable bonds is 7. The molecule has 0 N–H and O–H groups in total. The zero-order valence-electron chi connectivity index (χ0n) is 12.5. The van der Waals surface area contributed by atoms with E-state index in [2.05, 4.69) is 46.3 Å². The Kier molecular flexibility index (Phi) is 5.69. The van der Waals surface area contributed by atoms with Gasteiger partial charge in [0.25, 0.3) is 0 Å². The SMILES string of the molecule is CCCCCCc1cn2cc(I)c(OC(C)C)cc2n1. The lowest BCUT2D eigenvalue weighted by atomic mass is 10.1. The maximum atomic E-state index is 5.81. The van der Waals surface area contributed by atoms with Crippen molar-refractivity contribution in [1.29, 1.82) is 0 Å². The zero-order chi connectivity index (χ0) is 14.5. The Bertz CT molecular complexity index is 563. The van der Waals surface area contributed by atoms with Crippen LogP contribution in [0.1, 0.15) is 52.1 Å². The molecule has 2 aromatic heterocycles. The lowest BCUT2D eigenvalue weighted by Crippen LogP contribution is -2.07. The van der Waals surface area contributed by atoms with Gasteiger partial charge in [-0.1, -0.05) is 26.2 Å². The molecule has 0 aliphatic rings. The molecule has 0 atom stereocenters. The van der Waals surface area contributed by atoms with Crippen LogP contribution in [0.2, 0.25) is 0 Å². The Morgan fingerprint density at radius 3 is 2.75 bits per heavy atom. The summed E-state index contributed by atoms with van der Waals surface area (Å²) in [7, 11) is 0. The van der Waals surface area contributed by atoms with E-state index in [-0.39, 0.29) is 6.10 Å². The van der Waals surface area contributed by atoms with E-state index in [1.54, 1.807) is 0 Å². The van der Waals surface area contributed by atoms with Crippen molar-refractivity contribution in [3.8, 4) is 5.75 Å². The number of fused-ring (bicyclic) bond motifs is 1. The van der Waals surface area contributed by atoms with Gasteiger partial charge in [-0.25, -0.2) is 4.98 Å². The highest BCUT2D eigenvalue weighted by molar-refractivity contribution is 14.1. The van der Waals surface area contributed by atoms with Gasteiger partial charge in [-0.05, 0) is 49.3 Å². The van der Waals surface area contributed by atoms with E-state index in [1.165, 1.54) is 31.4 Å². The molecule has 0 aromatic carbocycles. The fourth-order valence-electron chi connectivity index (χ4n) is 2.24. The van der Waals surface area contributed by atoms with Crippen LogP contribution in [0.3, 0.4) is 0 Å². The van der Waals surface area contributed by atoms with Crippen LogP contribution in [0, 0.1) is 3.57 Å². The number of aromatic nitrogens is 2. The fraction of sp³-hybridized carbons (Fsp3) is 0.562. The molecule has 4 heteroatoms. The summed E-state index contributed by atoms with van der Waals surface area (Å²) in [5, 5.41) is 0. The number of ether oxygens (including phenoxy) is 1. The number of hydrogen-bond acceptors (Lipinski definition) is 2. The summed E-state index contributed by atoms with van der Waals surface area (Å²) < 4.78 is 9.04. The van der Waals surface area contributed by atoms with Crippen LogP contribution in [0.5, 0.6) is 5.75 Å². The molecule has 0 unspecified atom stereocenters. The van der Waals surface area contributed by atoms with Gasteiger partial charge in [-0.15, -0.1) is 0 Å². The largest absolute Gasteiger partial charge is 0.490 e. The predicted octanol–water partition coefficient (Wildman–Crippen LogP) is 4.85. The Balaban J connectivity index is 2.12. The number of imidazole rings is 1. The van der Waals surface area contributed by atoms with Crippen LogP contribution in [0.4, 0.5) is 0 Å². The first kappa shape index (κ1) is 15.6. The lowest BCUT2D eigenvalue weighted by molar-refractivity contribution is 0.240. The second-order valence-electron chi connectivity index (χ2n) is 5.46. The van der Waals surface area contributed by atoms with Crippen molar-refractivity contribution in [1.82, 2.24) is 9.38 Å². The highest BCUT2D eigenvalue weighted by atomic mass is 127. The Morgan fingerprint density at radius 2 is 2.05 bits per heavy atom. The molecule has 0 radical (unpaired) electrons. The zero-order valence-corrected chi connectivity index (χ0v) is 14.7. The lowest BCUT2D eigenvalue weighted by Gasteiger charge is -2.11. The molecule has 0 spiro atoms. The van der Waals surface area contributed by atoms with Crippen molar-refractivity contribution in [2.24, 2.45) is 0 Å². The quantitative estimate of drug-likeness (QED) is 0.503. The molecule has 110 valence electrons. The maximum absolute atomic E-state index is 5.81. The van der Waals surface area contributed by atoms with Crippen LogP contribution in [-0.4, -0.2) is 15.5 Å². The van der Waals surface area contributed by atoms with Gasteiger partial charge in [0.1, 0.15) is 11.4 Å². The van der Waals surface area contributed by atoms with E-state index in [0.29, 0.717) is 0 Å². The smallest absolute Gasteiger partial charge is 0.140 e. The minimum Gasteiger partial charge on any atom is -0.490 e. The van der Waals surface area contributed by atoms with E-state index in [0.717, 1.165) is 21.4 Å². The van der Waals surface area contributed by atoms with Gasteiger partial charge in [-0.2, -0.15) is 0 Å². The fourth-order valence-corrected chi connectivity index (χ4v) is 2.82. The van der Waals surface area contributed by atoms with E-state index in [9.17, 15) is 0 Å². The van der Waals surface area contributed by atoms with Crippen molar-refractivity contribution in [2.45, 2.75) is 59.0 Å². The van der Waals surface area contributed by atoms with Gasteiger partial charge in [0.05, 0.1) is 15.4 Å². The van der Waals surface area contributed by atoms with Crippen LogP contribution in [-0.2, 0) is 6.42 Å². The Morgan fingerprint density at radius 1 is 1.25 bits per heavy atom. The molecular formula is C16H23IN2O. The van der Waals surface area contributed by atoms with Crippen molar-refractivity contribution in [3.63, 3.8) is 0 Å². The summed E-state index contributed by atoms with van der Waals surface area (Å²) in [6.07, 6.45) is 10.6. The number of aryl methyl sites for hydroxylation is 1. The van der Waals surface area contributed by atoms with Crippen LogP contribution in [0.25, 0.3) is 5.65 Å². The predicted molar refractivity (Wildman–Crippen MR) is 91.5 cm³/mol. The van der Waals surface area contributed by atoms with Crippen LogP contribution in [0.15, 0.2) is 18.5 Å².